The Balaban J connectivity index is 1.09. The number of pyridine rings is 1. The summed E-state index contributed by atoms with van der Waals surface area (Å²) < 4.78 is 18.6. The highest BCUT2D eigenvalue weighted by Crippen LogP contribution is 2.44. The zero-order valence-electron chi connectivity index (χ0n) is 29.2. The van der Waals surface area contributed by atoms with Crippen LogP contribution in [-0.2, 0) is 6.54 Å². The van der Waals surface area contributed by atoms with Crippen molar-refractivity contribution in [1.82, 2.24) is 14.5 Å². The first-order chi connectivity index (χ1) is 25.7. The van der Waals surface area contributed by atoms with Crippen LogP contribution < -0.4 is 24.4 Å². The zero-order chi connectivity index (χ0) is 37.6. The molecule has 3 heterocycles. The maximum absolute atomic E-state index is 11.9. The van der Waals surface area contributed by atoms with E-state index in [4.69, 9.17) is 49.0 Å². The number of rotatable bonds is 15. The number of hydrogen-bond acceptors (Lipinski definition) is 12. The highest BCUT2D eigenvalue weighted by Gasteiger charge is 2.24. The second-order valence-corrected chi connectivity index (χ2v) is 13.7. The third-order valence-corrected chi connectivity index (χ3v) is 10.2. The lowest BCUT2D eigenvalue weighted by atomic mass is 10.1. The topological polar surface area (TPSA) is 158 Å². The van der Waals surface area contributed by atoms with E-state index in [-0.39, 0.29) is 17.4 Å². The van der Waals surface area contributed by atoms with Crippen LogP contribution in [0.4, 0.5) is 22.7 Å². The van der Waals surface area contributed by atoms with E-state index in [1.165, 1.54) is 23.9 Å². The fourth-order valence-corrected chi connectivity index (χ4v) is 7.23. The van der Waals surface area contributed by atoms with Gasteiger partial charge in [0.2, 0.25) is 11.8 Å². The molecule has 1 aliphatic heterocycles. The smallest absolute Gasteiger partial charge is 0.202 e. The van der Waals surface area contributed by atoms with Crippen LogP contribution in [0.5, 0.6) is 29.0 Å². The molecule has 2 aromatic heterocycles. The van der Waals surface area contributed by atoms with E-state index < -0.39 is 0 Å². The number of ether oxygens (including phenoxy) is 3. The number of nitrogens with zero attached hydrogens (tertiary/aromatic N) is 6. The van der Waals surface area contributed by atoms with Gasteiger partial charge >= 0.3 is 0 Å². The molecule has 6 rings (SSSR count). The summed E-state index contributed by atoms with van der Waals surface area (Å²) in [6.07, 6.45) is 3.67. The van der Waals surface area contributed by atoms with Crippen LogP contribution in [0, 0.1) is 16.2 Å². The number of nitroso groups, excluding NO2 is 1. The number of hydrogen-bond donors (Lipinski definition) is 3. The number of piperazine rings is 1. The molecule has 0 spiro atoms. The van der Waals surface area contributed by atoms with Gasteiger partial charge in [0.25, 0.3) is 0 Å². The van der Waals surface area contributed by atoms with Crippen molar-refractivity contribution in [3.63, 3.8) is 0 Å². The number of anilines is 3. The van der Waals surface area contributed by atoms with Gasteiger partial charge < -0.3 is 34.6 Å². The molecule has 3 N–H and O–H groups in total. The molecule has 0 amide bonds. The van der Waals surface area contributed by atoms with E-state index >= 15 is 0 Å². The van der Waals surface area contributed by atoms with E-state index in [2.05, 4.69) is 31.3 Å². The lowest BCUT2D eigenvalue weighted by Gasteiger charge is -2.36. The van der Waals surface area contributed by atoms with Crippen molar-refractivity contribution in [2.75, 3.05) is 69.6 Å². The van der Waals surface area contributed by atoms with Gasteiger partial charge in [0.05, 0.1) is 59.0 Å². The Bertz CT molecular complexity index is 2180. The molecule has 0 atom stereocenters. The minimum atomic E-state index is -0.0936. The predicted octanol–water partition coefficient (Wildman–Crippen LogP) is 8.55. The Hall–Kier alpha value is -4.87. The van der Waals surface area contributed by atoms with Gasteiger partial charge in [0.1, 0.15) is 17.5 Å². The van der Waals surface area contributed by atoms with Crippen molar-refractivity contribution in [3.05, 3.63) is 63.1 Å². The summed E-state index contributed by atoms with van der Waals surface area (Å²) in [4.78, 5) is 20.8. The molecule has 5 aromatic rings. The molecule has 13 nitrogen and oxygen atoms in total. The predicted molar refractivity (Wildman–Crippen MR) is 209 cm³/mol. The molecule has 1 aliphatic rings. The standard InChI is InChI=1S/C37H38Cl3N7O6/c1-51-32-19-29(26(39)17-27(32)40)43-35-22(20-41)21-42-28-18-34(33(52-2)16-25(28)35)53-13-5-7-45-9-11-46(12-10-45)31-15-24-23(14-30(31)44-50)36(48)47(37(24)49)8-4-3-6-38/h14-19,21,48-49H,3-13H2,1-2H3,(H,42,43). The van der Waals surface area contributed by atoms with Gasteiger partial charge in [0, 0.05) is 79.6 Å². The number of fused-ring (bicyclic) bond motifs is 2. The molecule has 278 valence electrons. The van der Waals surface area contributed by atoms with Gasteiger partial charge in [-0.3, -0.25) is 14.5 Å². The molecular formula is C37H38Cl3N7O6. The Kier molecular flexibility index (Phi) is 12.0. The maximum Gasteiger partial charge on any atom is 0.202 e. The highest BCUT2D eigenvalue weighted by molar-refractivity contribution is 6.37. The molecule has 3 aromatic carbocycles. The Labute approximate surface area is 321 Å². The van der Waals surface area contributed by atoms with Gasteiger partial charge in [-0.25, -0.2) is 0 Å². The Morgan fingerprint density at radius 2 is 1.62 bits per heavy atom. The van der Waals surface area contributed by atoms with Crippen LogP contribution in [0.15, 0.2) is 47.8 Å². The summed E-state index contributed by atoms with van der Waals surface area (Å²) in [5, 5.41) is 40.2. The van der Waals surface area contributed by atoms with Crippen LogP contribution in [-0.4, -0.2) is 84.1 Å². The summed E-state index contributed by atoms with van der Waals surface area (Å²) in [5.74, 6) is 1.78. The number of aromatic nitrogens is 2. The lowest BCUT2D eigenvalue weighted by Crippen LogP contribution is -2.46. The summed E-state index contributed by atoms with van der Waals surface area (Å²) >= 11 is 18.5. The molecule has 0 unspecified atom stereocenters. The van der Waals surface area contributed by atoms with Gasteiger partial charge in [-0.2, -0.15) is 5.26 Å². The molecule has 0 saturated carbocycles. The first-order valence-corrected chi connectivity index (χ1v) is 18.3. The third-order valence-electron chi connectivity index (χ3n) is 9.34. The van der Waals surface area contributed by atoms with E-state index in [0.717, 1.165) is 32.5 Å². The fraction of sp³-hybridized carbons (Fsp3) is 0.351. The first-order valence-electron chi connectivity index (χ1n) is 17.0. The van der Waals surface area contributed by atoms with E-state index in [0.29, 0.717) is 110 Å². The number of methoxy groups -OCH3 is 2. The van der Waals surface area contributed by atoms with E-state index in [9.17, 15) is 20.4 Å². The minimum Gasteiger partial charge on any atom is -0.495 e. The van der Waals surface area contributed by atoms with Gasteiger partial charge in [-0.05, 0) is 48.7 Å². The van der Waals surface area contributed by atoms with Crippen molar-refractivity contribution in [2.24, 2.45) is 5.18 Å². The van der Waals surface area contributed by atoms with Crippen molar-refractivity contribution in [2.45, 2.75) is 25.8 Å². The first kappa shape index (κ1) is 37.9. The molecule has 1 fully saturated rings. The summed E-state index contributed by atoms with van der Waals surface area (Å²) in [6.45, 7) is 4.40. The monoisotopic (exact) mass is 781 g/mol. The van der Waals surface area contributed by atoms with Crippen molar-refractivity contribution in [1.29, 1.82) is 5.26 Å². The number of aromatic hydroxyl groups is 2. The second kappa shape index (κ2) is 16.9. The fourth-order valence-electron chi connectivity index (χ4n) is 6.53. The quantitative estimate of drug-likeness (QED) is 0.0531. The second-order valence-electron chi connectivity index (χ2n) is 12.5. The average Bonchev–Trinajstić information content (AvgIpc) is 3.40. The van der Waals surface area contributed by atoms with E-state index in [1.54, 1.807) is 37.4 Å². The number of benzene rings is 3. The zero-order valence-corrected chi connectivity index (χ0v) is 31.4. The van der Waals surface area contributed by atoms with Crippen LogP contribution in [0.25, 0.3) is 21.7 Å². The number of unbranched alkanes of at least 4 members (excludes halogenated alkanes) is 1. The van der Waals surface area contributed by atoms with Gasteiger partial charge in [-0.1, -0.05) is 23.2 Å². The van der Waals surface area contributed by atoms with Crippen molar-refractivity contribution >= 4 is 79.2 Å². The highest BCUT2D eigenvalue weighted by atomic mass is 35.5. The molecule has 0 bridgehead atoms. The normalized spacial score (nSPS) is 13.3. The molecule has 0 aliphatic carbocycles. The summed E-state index contributed by atoms with van der Waals surface area (Å²) in [7, 11) is 3.06. The molecule has 16 heteroatoms. The summed E-state index contributed by atoms with van der Waals surface area (Å²) in [5.41, 5.74) is 2.73. The molecule has 1 saturated heterocycles. The molecule has 0 radical (unpaired) electrons. The van der Waals surface area contributed by atoms with Gasteiger partial charge in [-0.15, -0.1) is 16.5 Å². The Morgan fingerprint density at radius 3 is 2.30 bits per heavy atom. The van der Waals surface area contributed by atoms with Gasteiger partial charge in [0.15, 0.2) is 11.5 Å². The third kappa shape index (κ3) is 7.91. The number of nitriles is 1. The van der Waals surface area contributed by atoms with Crippen LogP contribution >= 0.6 is 34.8 Å². The number of halogens is 3. The Morgan fingerprint density at radius 1 is 0.887 bits per heavy atom. The SMILES string of the molecule is COc1cc(Nc2c(C#N)cnc3cc(OCCCN4CCN(c5cc6c(O)n(CCCCCl)c(O)c6cc5N=O)CC4)c(OC)cc23)c(Cl)cc1Cl. The minimum absolute atomic E-state index is 0.0452. The number of alkyl halides is 1. The summed E-state index contributed by atoms with van der Waals surface area (Å²) in [6, 6.07) is 12.2. The van der Waals surface area contributed by atoms with Crippen molar-refractivity contribution in [3.8, 4) is 35.1 Å². The van der Waals surface area contributed by atoms with Crippen LogP contribution in [0.3, 0.4) is 0 Å². The largest absolute Gasteiger partial charge is 0.495 e. The van der Waals surface area contributed by atoms with Crippen LogP contribution in [0.1, 0.15) is 24.8 Å². The average molecular weight is 783 g/mol. The van der Waals surface area contributed by atoms with Crippen molar-refractivity contribution < 1.29 is 24.4 Å². The molecule has 53 heavy (non-hydrogen) atoms. The van der Waals surface area contributed by atoms with E-state index in [1.807, 2.05) is 0 Å². The maximum atomic E-state index is 11.9. The van der Waals surface area contributed by atoms with Crippen LogP contribution in [0.2, 0.25) is 10.0 Å². The lowest BCUT2D eigenvalue weighted by molar-refractivity contribution is 0.221. The number of nitrogens with one attached hydrogen (secondary N) is 1. The molecular weight excluding hydrogens is 745 g/mol.